The molecule has 7 heteroatoms. The Morgan fingerprint density at radius 3 is 2.79 bits per heavy atom. The van der Waals surface area contributed by atoms with Crippen LogP contribution in [0.5, 0.6) is 0 Å². The van der Waals surface area contributed by atoms with Gasteiger partial charge in [0.05, 0.1) is 6.04 Å². The highest BCUT2D eigenvalue weighted by Gasteiger charge is 2.27. The molecule has 19 heavy (non-hydrogen) atoms. The number of nitrogens with one attached hydrogen (secondary N) is 1. The lowest BCUT2D eigenvalue weighted by atomic mass is 10.4. The molecule has 0 bridgehead atoms. The third kappa shape index (κ3) is 4.74. The molecule has 0 unspecified atom stereocenters. The van der Waals surface area contributed by atoms with Crippen molar-refractivity contribution in [3.63, 3.8) is 0 Å². The van der Waals surface area contributed by atoms with Gasteiger partial charge < -0.3 is 10.2 Å². The van der Waals surface area contributed by atoms with E-state index in [0.717, 1.165) is 43.6 Å². The topological polar surface area (TPSA) is 58.9 Å². The van der Waals surface area contributed by atoms with Crippen molar-refractivity contribution in [1.29, 1.82) is 0 Å². The summed E-state index contributed by atoms with van der Waals surface area (Å²) in [7, 11) is 0. The van der Waals surface area contributed by atoms with Crippen molar-refractivity contribution < 1.29 is 0 Å². The first-order valence-corrected chi connectivity index (χ1v) is 8.17. The number of aromatic nitrogens is 4. The van der Waals surface area contributed by atoms with Crippen LogP contribution < -0.4 is 5.32 Å². The first kappa shape index (κ1) is 14.7. The summed E-state index contributed by atoms with van der Waals surface area (Å²) in [5.41, 5.74) is 0. The average molecular weight is 284 g/mol. The molecule has 1 aromatic rings. The molecule has 0 atom stereocenters. The van der Waals surface area contributed by atoms with Gasteiger partial charge in [0.25, 0.3) is 0 Å². The van der Waals surface area contributed by atoms with Gasteiger partial charge in [-0.25, -0.2) is 4.68 Å². The van der Waals surface area contributed by atoms with E-state index in [1.54, 1.807) is 11.8 Å². The van der Waals surface area contributed by atoms with Gasteiger partial charge in [-0.2, -0.15) is 0 Å². The Morgan fingerprint density at radius 2 is 2.11 bits per heavy atom. The van der Waals surface area contributed by atoms with Gasteiger partial charge in [-0.05, 0) is 36.4 Å². The highest BCUT2D eigenvalue weighted by Crippen LogP contribution is 2.36. The van der Waals surface area contributed by atoms with Crippen molar-refractivity contribution in [3.05, 3.63) is 0 Å². The fraction of sp³-hybridized carbons (Fsp3) is 0.917. The first-order chi connectivity index (χ1) is 9.35. The second-order valence-electron chi connectivity index (χ2n) is 4.76. The first-order valence-electron chi connectivity index (χ1n) is 7.18. The molecule has 0 spiro atoms. The molecular formula is C12H24N6S. The van der Waals surface area contributed by atoms with Crippen LogP contribution in [-0.2, 0) is 0 Å². The standard InChI is InChI=1S/C12H24N6S/c1-3-17(4-2)9-7-13-8-10-19-12-14-15-16-18(12)11-5-6-11/h11,13H,3-10H2,1-2H3. The quantitative estimate of drug-likeness (QED) is 0.511. The van der Waals surface area contributed by atoms with Crippen LogP contribution in [0.4, 0.5) is 0 Å². The van der Waals surface area contributed by atoms with Crippen molar-refractivity contribution in [2.45, 2.75) is 37.9 Å². The molecule has 0 amide bonds. The van der Waals surface area contributed by atoms with Crippen LogP contribution in [0.2, 0.25) is 0 Å². The van der Waals surface area contributed by atoms with E-state index in [9.17, 15) is 0 Å². The van der Waals surface area contributed by atoms with E-state index in [4.69, 9.17) is 0 Å². The summed E-state index contributed by atoms with van der Waals surface area (Å²) < 4.78 is 1.97. The van der Waals surface area contributed by atoms with Crippen LogP contribution in [-0.4, -0.2) is 63.6 Å². The molecule has 1 aromatic heterocycles. The van der Waals surface area contributed by atoms with E-state index < -0.39 is 0 Å². The predicted octanol–water partition coefficient (Wildman–Crippen LogP) is 1.03. The number of nitrogens with zero attached hydrogens (tertiary/aromatic N) is 5. The van der Waals surface area contributed by atoms with Gasteiger partial charge >= 0.3 is 0 Å². The van der Waals surface area contributed by atoms with E-state index >= 15 is 0 Å². The maximum atomic E-state index is 4.08. The number of likely N-dealkylation sites (N-methyl/N-ethyl adjacent to an activating group) is 1. The van der Waals surface area contributed by atoms with Crippen LogP contribution in [0, 0.1) is 0 Å². The van der Waals surface area contributed by atoms with Crippen LogP contribution in [0.15, 0.2) is 5.16 Å². The zero-order valence-corrected chi connectivity index (χ0v) is 12.7. The highest BCUT2D eigenvalue weighted by atomic mass is 32.2. The Morgan fingerprint density at radius 1 is 1.32 bits per heavy atom. The molecule has 6 nitrogen and oxygen atoms in total. The zero-order valence-electron chi connectivity index (χ0n) is 11.9. The molecule has 1 fully saturated rings. The predicted molar refractivity (Wildman–Crippen MR) is 77.5 cm³/mol. The molecule has 2 rings (SSSR count). The third-order valence-electron chi connectivity index (χ3n) is 3.36. The van der Waals surface area contributed by atoms with Crippen molar-refractivity contribution in [1.82, 2.24) is 30.4 Å². The molecule has 0 aromatic carbocycles. The van der Waals surface area contributed by atoms with Crippen LogP contribution >= 0.6 is 11.8 Å². The SMILES string of the molecule is CCN(CC)CCNCCSc1nnnn1C1CC1. The Hall–Kier alpha value is -0.660. The molecule has 0 radical (unpaired) electrons. The van der Waals surface area contributed by atoms with E-state index in [-0.39, 0.29) is 0 Å². The van der Waals surface area contributed by atoms with Crippen molar-refractivity contribution in [3.8, 4) is 0 Å². The lowest BCUT2D eigenvalue weighted by Crippen LogP contribution is -2.32. The summed E-state index contributed by atoms with van der Waals surface area (Å²) in [6, 6.07) is 0.563. The number of rotatable bonds is 10. The fourth-order valence-electron chi connectivity index (χ4n) is 1.95. The van der Waals surface area contributed by atoms with Gasteiger partial charge in [0, 0.05) is 25.4 Å². The van der Waals surface area contributed by atoms with Gasteiger partial charge in [-0.1, -0.05) is 25.6 Å². The third-order valence-corrected chi connectivity index (χ3v) is 4.30. The maximum absolute atomic E-state index is 4.08. The minimum Gasteiger partial charge on any atom is -0.315 e. The van der Waals surface area contributed by atoms with E-state index in [1.807, 2.05) is 4.68 Å². The molecule has 1 aliphatic carbocycles. The smallest absolute Gasteiger partial charge is 0.209 e. The second-order valence-corrected chi connectivity index (χ2v) is 5.82. The lowest BCUT2D eigenvalue weighted by Gasteiger charge is -2.17. The summed E-state index contributed by atoms with van der Waals surface area (Å²) >= 11 is 1.74. The molecule has 1 N–H and O–H groups in total. The Kier molecular flexibility index (Phi) is 6.06. The van der Waals surface area contributed by atoms with Gasteiger partial charge in [-0.3, -0.25) is 0 Å². The van der Waals surface area contributed by atoms with Crippen LogP contribution in [0.25, 0.3) is 0 Å². The number of tetrazole rings is 1. The minimum absolute atomic E-state index is 0.563. The van der Waals surface area contributed by atoms with E-state index in [0.29, 0.717) is 6.04 Å². The number of thioether (sulfide) groups is 1. The minimum atomic E-state index is 0.563. The summed E-state index contributed by atoms with van der Waals surface area (Å²) in [4.78, 5) is 2.42. The van der Waals surface area contributed by atoms with Crippen molar-refractivity contribution >= 4 is 11.8 Å². The lowest BCUT2D eigenvalue weighted by molar-refractivity contribution is 0.303. The molecular weight excluding hydrogens is 260 g/mol. The second kappa shape index (κ2) is 7.81. The monoisotopic (exact) mass is 284 g/mol. The summed E-state index contributed by atoms with van der Waals surface area (Å²) in [6.45, 7) is 9.84. The van der Waals surface area contributed by atoms with Gasteiger partial charge in [-0.15, -0.1) is 5.10 Å². The number of hydrogen-bond donors (Lipinski definition) is 1. The summed E-state index contributed by atoms with van der Waals surface area (Å²) in [6.07, 6.45) is 2.45. The zero-order chi connectivity index (χ0) is 13.5. The molecule has 0 aliphatic heterocycles. The number of hydrogen-bond acceptors (Lipinski definition) is 6. The fourth-order valence-corrected chi connectivity index (χ4v) is 2.79. The van der Waals surface area contributed by atoms with Gasteiger partial charge in [0.15, 0.2) is 0 Å². The van der Waals surface area contributed by atoms with Crippen molar-refractivity contribution in [2.24, 2.45) is 0 Å². The van der Waals surface area contributed by atoms with Gasteiger partial charge in [0.2, 0.25) is 5.16 Å². The Balaban J connectivity index is 1.55. The van der Waals surface area contributed by atoms with Crippen LogP contribution in [0.3, 0.4) is 0 Å². The summed E-state index contributed by atoms with van der Waals surface area (Å²) in [5.74, 6) is 1.02. The van der Waals surface area contributed by atoms with Crippen LogP contribution in [0.1, 0.15) is 32.7 Å². The van der Waals surface area contributed by atoms with Crippen molar-refractivity contribution in [2.75, 3.05) is 38.5 Å². The van der Waals surface area contributed by atoms with E-state index in [2.05, 4.69) is 39.6 Å². The molecule has 1 heterocycles. The normalized spacial score (nSPS) is 15.3. The highest BCUT2D eigenvalue weighted by molar-refractivity contribution is 7.99. The maximum Gasteiger partial charge on any atom is 0.209 e. The average Bonchev–Trinajstić information content (AvgIpc) is 3.18. The Labute approximate surface area is 119 Å². The summed E-state index contributed by atoms with van der Waals surface area (Å²) in [5, 5.41) is 16.3. The van der Waals surface area contributed by atoms with E-state index in [1.165, 1.54) is 12.8 Å². The molecule has 1 aliphatic rings. The molecule has 1 saturated carbocycles. The Bertz CT molecular complexity index is 361. The van der Waals surface area contributed by atoms with Gasteiger partial charge in [0.1, 0.15) is 0 Å². The molecule has 108 valence electrons. The largest absolute Gasteiger partial charge is 0.315 e. The molecule has 0 saturated heterocycles.